The highest BCUT2D eigenvalue weighted by Crippen LogP contribution is 2.28. The number of aliphatic imine (C=N–C) groups is 1. The largest absolute Gasteiger partial charge is 0.494 e. The summed E-state index contributed by atoms with van der Waals surface area (Å²) in [5.74, 6) is 1.99. The average Bonchev–Trinajstić information content (AvgIpc) is 2.33. The Morgan fingerprint density at radius 2 is 2.28 bits per heavy atom. The number of anilines is 1. The van der Waals surface area contributed by atoms with Gasteiger partial charge in [-0.3, -0.25) is 4.99 Å². The lowest BCUT2D eigenvalue weighted by Crippen LogP contribution is -2.27. The molecule has 1 heterocycles. The maximum absolute atomic E-state index is 5.48. The minimum absolute atomic E-state index is 0.309. The van der Waals surface area contributed by atoms with Crippen LogP contribution in [0.2, 0.25) is 0 Å². The molecule has 0 saturated heterocycles. The second-order valence-electron chi connectivity index (χ2n) is 5.16. The first-order valence-corrected chi connectivity index (χ1v) is 7.25. The van der Waals surface area contributed by atoms with Gasteiger partial charge in [-0.25, -0.2) is 0 Å². The van der Waals surface area contributed by atoms with Crippen LogP contribution >= 0.6 is 11.8 Å². The van der Waals surface area contributed by atoms with E-state index in [0.717, 1.165) is 28.9 Å². The first kappa shape index (κ1) is 13.3. The van der Waals surface area contributed by atoms with Gasteiger partial charge in [-0.1, -0.05) is 31.7 Å². The zero-order valence-electron chi connectivity index (χ0n) is 11.2. The van der Waals surface area contributed by atoms with Gasteiger partial charge in [-0.2, -0.15) is 0 Å². The molecule has 0 fully saturated rings. The molecule has 0 spiro atoms. The quantitative estimate of drug-likeness (QED) is 0.905. The fraction of sp³-hybridized carbons (Fsp3) is 0.500. The van der Waals surface area contributed by atoms with Gasteiger partial charge >= 0.3 is 0 Å². The van der Waals surface area contributed by atoms with Gasteiger partial charge in [0, 0.05) is 24.1 Å². The number of rotatable bonds is 3. The Balaban J connectivity index is 2.01. The van der Waals surface area contributed by atoms with Gasteiger partial charge < -0.3 is 10.1 Å². The van der Waals surface area contributed by atoms with Crippen molar-refractivity contribution in [3.8, 4) is 5.75 Å². The standard InChI is InChI=1S/C14H20N2OS/c1-4-17-12-7-5-6-11(8-12)16-13-15-9-14(2,3)10-18-13/h5-8H,4,9-10H2,1-3H3,(H,15,16). The normalized spacial score (nSPS) is 18.1. The number of hydrogen-bond acceptors (Lipinski definition) is 4. The van der Waals surface area contributed by atoms with Crippen molar-refractivity contribution < 1.29 is 4.74 Å². The van der Waals surface area contributed by atoms with Crippen LogP contribution in [0.25, 0.3) is 0 Å². The molecule has 2 rings (SSSR count). The van der Waals surface area contributed by atoms with E-state index in [0.29, 0.717) is 12.0 Å². The molecule has 0 radical (unpaired) electrons. The van der Waals surface area contributed by atoms with Crippen molar-refractivity contribution in [3.05, 3.63) is 24.3 Å². The molecule has 1 N–H and O–H groups in total. The Labute approximate surface area is 113 Å². The first-order valence-electron chi connectivity index (χ1n) is 6.26. The molecule has 18 heavy (non-hydrogen) atoms. The van der Waals surface area contributed by atoms with Crippen LogP contribution in [-0.2, 0) is 0 Å². The smallest absolute Gasteiger partial charge is 0.161 e. The number of amidine groups is 1. The van der Waals surface area contributed by atoms with Crippen molar-refractivity contribution in [3.63, 3.8) is 0 Å². The molecule has 0 saturated carbocycles. The summed E-state index contributed by atoms with van der Waals surface area (Å²) in [4.78, 5) is 4.58. The number of nitrogens with zero attached hydrogens (tertiary/aromatic N) is 1. The van der Waals surface area contributed by atoms with E-state index in [2.05, 4.69) is 24.2 Å². The van der Waals surface area contributed by atoms with Gasteiger partial charge in [0.05, 0.1) is 6.61 Å². The average molecular weight is 264 g/mol. The van der Waals surface area contributed by atoms with E-state index >= 15 is 0 Å². The molecule has 0 bridgehead atoms. The van der Waals surface area contributed by atoms with Crippen LogP contribution in [0.15, 0.2) is 29.3 Å². The molecule has 4 heteroatoms. The zero-order valence-corrected chi connectivity index (χ0v) is 12.0. The highest BCUT2D eigenvalue weighted by atomic mass is 32.2. The molecule has 0 aliphatic carbocycles. The predicted octanol–water partition coefficient (Wildman–Crippen LogP) is 3.63. The van der Waals surface area contributed by atoms with Crippen molar-refractivity contribution in [2.75, 3.05) is 24.2 Å². The summed E-state index contributed by atoms with van der Waals surface area (Å²) < 4.78 is 5.48. The van der Waals surface area contributed by atoms with Crippen LogP contribution in [0, 0.1) is 5.41 Å². The van der Waals surface area contributed by atoms with Crippen LogP contribution in [-0.4, -0.2) is 24.1 Å². The molecule has 1 aromatic carbocycles. The molecule has 0 aromatic heterocycles. The van der Waals surface area contributed by atoms with Crippen molar-refractivity contribution in [1.82, 2.24) is 0 Å². The summed E-state index contributed by atoms with van der Waals surface area (Å²) in [6, 6.07) is 8.00. The maximum Gasteiger partial charge on any atom is 0.161 e. The highest BCUT2D eigenvalue weighted by Gasteiger charge is 2.23. The van der Waals surface area contributed by atoms with Crippen LogP contribution in [0.4, 0.5) is 5.69 Å². The van der Waals surface area contributed by atoms with E-state index in [1.54, 1.807) is 11.8 Å². The lowest BCUT2D eigenvalue weighted by atomic mass is 9.97. The lowest BCUT2D eigenvalue weighted by molar-refractivity contribution is 0.340. The molecular formula is C14H20N2OS. The summed E-state index contributed by atoms with van der Waals surface area (Å²) in [5, 5.41) is 4.35. The molecule has 0 atom stereocenters. The van der Waals surface area contributed by atoms with E-state index < -0.39 is 0 Å². The highest BCUT2D eigenvalue weighted by molar-refractivity contribution is 8.14. The van der Waals surface area contributed by atoms with Gasteiger partial charge in [-0.15, -0.1) is 0 Å². The molecule has 1 aliphatic heterocycles. The van der Waals surface area contributed by atoms with Gasteiger partial charge in [0.2, 0.25) is 0 Å². The third-order valence-corrected chi connectivity index (χ3v) is 4.08. The van der Waals surface area contributed by atoms with E-state index in [1.165, 1.54) is 0 Å². The van der Waals surface area contributed by atoms with Gasteiger partial charge in [0.1, 0.15) is 5.75 Å². The topological polar surface area (TPSA) is 33.6 Å². The fourth-order valence-corrected chi connectivity index (χ4v) is 2.63. The van der Waals surface area contributed by atoms with Gasteiger partial charge in [0.25, 0.3) is 0 Å². The molecular weight excluding hydrogens is 244 g/mol. The summed E-state index contributed by atoms with van der Waals surface area (Å²) in [6.07, 6.45) is 0. The van der Waals surface area contributed by atoms with E-state index in [9.17, 15) is 0 Å². The van der Waals surface area contributed by atoms with Crippen molar-refractivity contribution >= 4 is 22.6 Å². The van der Waals surface area contributed by atoms with Crippen molar-refractivity contribution in [1.29, 1.82) is 0 Å². The first-order chi connectivity index (χ1) is 8.59. The summed E-state index contributed by atoms with van der Waals surface area (Å²) >= 11 is 1.78. The van der Waals surface area contributed by atoms with Crippen molar-refractivity contribution in [2.24, 2.45) is 10.4 Å². The molecule has 3 nitrogen and oxygen atoms in total. The SMILES string of the molecule is CCOc1cccc(NC2=NCC(C)(C)CS2)c1. The van der Waals surface area contributed by atoms with E-state index in [4.69, 9.17) is 4.74 Å². The van der Waals surface area contributed by atoms with Crippen LogP contribution < -0.4 is 10.1 Å². The summed E-state index contributed by atoms with van der Waals surface area (Å²) in [6.45, 7) is 8.05. The van der Waals surface area contributed by atoms with E-state index in [-0.39, 0.29) is 0 Å². The number of hydrogen-bond donors (Lipinski definition) is 1. The Kier molecular flexibility index (Phi) is 4.17. The molecule has 0 amide bonds. The summed E-state index contributed by atoms with van der Waals surface area (Å²) in [5.41, 5.74) is 1.34. The third-order valence-electron chi connectivity index (χ3n) is 2.65. The number of nitrogens with one attached hydrogen (secondary N) is 1. The van der Waals surface area contributed by atoms with Crippen LogP contribution in [0.5, 0.6) is 5.75 Å². The maximum atomic E-state index is 5.48. The van der Waals surface area contributed by atoms with E-state index in [1.807, 2.05) is 31.2 Å². The van der Waals surface area contributed by atoms with Crippen LogP contribution in [0.3, 0.4) is 0 Å². The molecule has 1 aliphatic rings. The zero-order chi connectivity index (χ0) is 13.0. The Morgan fingerprint density at radius 3 is 2.94 bits per heavy atom. The summed E-state index contributed by atoms with van der Waals surface area (Å²) in [7, 11) is 0. The molecule has 98 valence electrons. The Morgan fingerprint density at radius 1 is 1.44 bits per heavy atom. The molecule has 0 unspecified atom stereocenters. The number of ether oxygens (including phenoxy) is 1. The van der Waals surface area contributed by atoms with Gasteiger partial charge in [0.15, 0.2) is 5.17 Å². The van der Waals surface area contributed by atoms with Crippen molar-refractivity contribution in [2.45, 2.75) is 20.8 Å². The third kappa shape index (κ3) is 3.67. The number of benzene rings is 1. The van der Waals surface area contributed by atoms with Gasteiger partial charge in [-0.05, 0) is 24.5 Å². The molecule has 1 aromatic rings. The monoisotopic (exact) mass is 264 g/mol. The second-order valence-corrected chi connectivity index (χ2v) is 6.12. The fourth-order valence-electron chi connectivity index (χ4n) is 1.67. The number of thioether (sulfide) groups is 1. The lowest BCUT2D eigenvalue weighted by Gasteiger charge is -2.27. The van der Waals surface area contributed by atoms with Crippen LogP contribution in [0.1, 0.15) is 20.8 Å². The Hall–Kier alpha value is -1.16. The predicted molar refractivity (Wildman–Crippen MR) is 79.8 cm³/mol. The Bertz CT molecular complexity index is 443. The minimum Gasteiger partial charge on any atom is -0.494 e. The second kappa shape index (κ2) is 5.65. The minimum atomic E-state index is 0.309.